The second-order valence-electron chi connectivity index (χ2n) is 5.46. The molecule has 0 aromatic heterocycles. The second-order valence-corrected chi connectivity index (χ2v) is 5.46. The van der Waals surface area contributed by atoms with E-state index in [4.69, 9.17) is 0 Å². The molecule has 0 radical (unpaired) electrons. The van der Waals surface area contributed by atoms with Crippen LogP contribution in [0.5, 0.6) is 0 Å². The van der Waals surface area contributed by atoms with Crippen molar-refractivity contribution in [3.63, 3.8) is 0 Å². The third kappa shape index (κ3) is 1.59. The minimum atomic E-state index is 0.422. The first-order chi connectivity index (χ1) is 6.09. The fourth-order valence-corrected chi connectivity index (χ4v) is 2.64. The van der Waals surface area contributed by atoms with Gasteiger partial charge in [0.2, 0.25) is 0 Å². The van der Waals surface area contributed by atoms with Crippen LogP contribution in [0.3, 0.4) is 0 Å². The Morgan fingerprint density at radius 1 is 1.15 bits per heavy atom. The fourth-order valence-electron chi connectivity index (χ4n) is 2.64. The Hall–Kier alpha value is -0.520. The van der Waals surface area contributed by atoms with Crippen molar-refractivity contribution in [2.24, 2.45) is 11.3 Å². The van der Waals surface area contributed by atoms with Crippen LogP contribution in [0.25, 0.3) is 0 Å². The van der Waals surface area contributed by atoms with Crippen molar-refractivity contribution in [1.29, 1.82) is 0 Å². The number of rotatable bonds is 0. The van der Waals surface area contributed by atoms with Crippen LogP contribution in [0.15, 0.2) is 23.3 Å². The van der Waals surface area contributed by atoms with Crippen LogP contribution in [-0.4, -0.2) is 0 Å². The van der Waals surface area contributed by atoms with Crippen LogP contribution >= 0.6 is 0 Å². The summed E-state index contributed by atoms with van der Waals surface area (Å²) in [6.07, 6.45) is 10.3. The van der Waals surface area contributed by atoms with E-state index >= 15 is 0 Å². The van der Waals surface area contributed by atoms with Gasteiger partial charge in [0.1, 0.15) is 0 Å². The van der Waals surface area contributed by atoms with Gasteiger partial charge in [-0.3, -0.25) is 0 Å². The Balaban J connectivity index is 2.26. The topological polar surface area (TPSA) is 0 Å². The largest absolute Gasteiger partial charge is 0.0765 e. The first kappa shape index (κ1) is 9.05. The Morgan fingerprint density at radius 2 is 1.85 bits per heavy atom. The van der Waals surface area contributed by atoms with E-state index in [9.17, 15) is 0 Å². The first-order valence-corrected chi connectivity index (χ1v) is 5.49. The van der Waals surface area contributed by atoms with Gasteiger partial charge in [-0.2, -0.15) is 0 Å². The molecule has 0 saturated carbocycles. The maximum atomic E-state index is 2.43. The Morgan fingerprint density at radius 3 is 2.54 bits per heavy atom. The molecule has 1 unspecified atom stereocenters. The molecule has 0 heteroatoms. The predicted octanol–water partition coefficient (Wildman–Crippen LogP) is 4.09. The standard InChI is InChI=1S/C13H20/c1-13(2,3)12-9-8-10-6-4-5-7-11(10)12/h8-9,12H,4-7H2,1-3H3. The molecule has 0 nitrogen and oxygen atoms in total. The zero-order valence-electron chi connectivity index (χ0n) is 9.06. The summed E-state index contributed by atoms with van der Waals surface area (Å²) in [6, 6.07) is 0. The molecule has 13 heavy (non-hydrogen) atoms. The zero-order valence-corrected chi connectivity index (χ0v) is 9.06. The normalized spacial score (nSPS) is 28.1. The molecule has 0 bridgehead atoms. The summed E-state index contributed by atoms with van der Waals surface area (Å²) in [5.41, 5.74) is 3.83. The van der Waals surface area contributed by atoms with E-state index in [-0.39, 0.29) is 0 Å². The van der Waals surface area contributed by atoms with E-state index < -0.39 is 0 Å². The van der Waals surface area contributed by atoms with Crippen LogP contribution in [0, 0.1) is 11.3 Å². The molecule has 0 saturated heterocycles. The lowest BCUT2D eigenvalue weighted by molar-refractivity contribution is 0.323. The second kappa shape index (κ2) is 3.01. The quantitative estimate of drug-likeness (QED) is 0.521. The van der Waals surface area contributed by atoms with Crippen molar-refractivity contribution in [1.82, 2.24) is 0 Å². The van der Waals surface area contributed by atoms with E-state index in [1.807, 2.05) is 0 Å². The third-order valence-corrected chi connectivity index (χ3v) is 3.35. The van der Waals surface area contributed by atoms with Crippen LogP contribution in [-0.2, 0) is 0 Å². The lowest BCUT2D eigenvalue weighted by atomic mass is 9.74. The number of allylic oxidation sites excluding steroid dienone is 4. The third-order valence-electron chi connectivity index (χ3n) is 3.35. The van der Waals surface area contributed by atoms with Crippen LogP contribution in [0.1, 0.15) is 46.5 Å². The number of hydrogen-bond donors (Lipinski definition) is 0. The fraction of sp³-hybridized carbons (Fsp3) is 0.692. The van der Waals surface area contributed by atoms with E-state index in [0.717, 1.165) is 5.92 Å². The molecule has 0 N–H and O–H groups in total. The molecule has 0 fully saturated rings. The van der Waals surface area contributed by atoms with Gasteiger partial charge in [-0.05, 0) is 36.7 Å². The molecular weight excluding hydrogens is 156 g/mol. The van der Waals surface area contributed by atoms with Crippen molar-refractivity contribution < 1.29 is 0 Å². The highest BCUT2D eigenvalue weighted by atomic mass is 14.4. The summed E-state index contributed by atoms with van der Waals surface area (Å²) in [6.45, 7) is 7.06. The van der Waals surface area contributed by atoms with Crippen molar-refractivity contribution in [3.8, 4) is 0 Å². The monoisotopic (exact) mass is 176 g/mol. The molecule has 0 aliphatic heterocycles. The van der Waals surface area contributed by atoms with Gasteiger partial charge >= 0.3 is 0 Å². The zero-order chi connectivity index (χ0) is 9.47. The number of hydrogen-bond acceptors (Lipinski definition) is 0. The summed E-state index contributed by atoms with van der Waals surface area (Å²) in [4.78, 5) is 0. The van der Waals surface area contributed by atoms with Crippen LogP contribution < -0.4 is 0 Å². The molecule has 0 spiro atoms. The SMILES string of the molecule is CC(C)(C)C1C=CC2=C1CCCC2. The van der Waals surface area contributed by atoms with Gasteiger partial charge in [-0.1, -0.05) is 38.5 Å². The molecular formula is C13H20. The maximum Gasteiger partial charge on any atom is 0.00344 e. The van der Waals surface area contributed by atoms with Gasteiger partial charge in [0.25, 0.3) is 0 Å². The van der Waals surface area contributed by atoms with Gasteiger partial charge in [0, 0.05) is 5.92 Å². The van der Waals surface area contributed by atoms with Crippen molar-refractivity contribution in [2.45, 2.75) is 46.5 Å². The van der Waals surface area contributed by atoms with Gasteiger partial charge in [-0.15, -0.1) is 0 Å². The van der Waals surface area contributed by atoms with E-state index in [2.05, 4.69) is 32.9 Å². The van der Waals surface area contributed by atoms with Crippen LogP contribution in [0.2, 0.25) is 0 Å². The van der Waals surface area contributed by atoms with Crippen LogP contribution in [0.4, 0.5) is 0 Å². The van der Waals surface area contributed by atoms with Crippen molar-refractivity contribution in [3.05, 3.63) is 23.3 Å². The summed E-state index contributed by atoms with van der Waals surface area (Å²) in [5, 5.41) is 0. The lowest BCUT2D eigenvalue weighted by Gasteiger charge is -2.30. The maximum absolute atomic E-state index is 2.43. The molecule has 72 valence electrons. The van der Waals surface area contributed by atoms with Crippen molar-refractivity contribution in [2.75, 3.05) is 0 Å². The van der Waals surface area contributed by atoms with E-state index in [1.165, 1.54) is 25.7 Å². The van der Waals surface area contributed by atoms with E-state index in [0.29, 0.717) is 5.41 Å². The van der Waals surface area contributed by atoms with Gasteiger partial charge in [-0.25, -0.2) is 0 Å². The van der Waals surface area contributed by atoms with Crippen molar-refractivity contribution >= 4 is 0 Å². The molecule has 0 aromatic carbocycles. The smallest absolute Gasteiger partial charge is 0.00344 e. The molecule has 0 aromatic rings. The molecule has 2 aliphatic rings. The lowest BCUT2D eigenvalue weighted by Crippen LogP contribution is -2.20. The average molecular weight is 176 g/mol. The first-order valence-electron chi connectivity index (χ1n) is 5.49. The van der Waals surface area contributed by atoms with Gasteiger partial charge < -0.3 is 0 Å². The van der Waals surface area contributed by atoms with E-state index in [1.54, 1.807) is 11.1 Å². The molecule has 0 amide bonds. The molecule has 2 aliphatic carbocycles. The molecule has 2 rings (SSSR count). The Labute approximate surface area is 81.7 Å². The summed E-state index contributed by atoms with van der Waals surface area (Å²) in [7, 11) is 0. The highest BCUT2D eigenvalue weighted by molar-refractivity contribution is 5.39. The summed E-state index contributed by atoms with van der Waals surface area (Å²) >= 11 is 0. The predicted molar refractivity (Wildman–Crippen MR) is 57.6 cm³/mol. The highest BCUT2D eigenvalue weighted by Gasteiger charge is 2.31. The Bertz CT molecular complexity index is 260. The minimum absolute atomic E-state index is 0.422. The molecule has 0 heterocycles. The van der Waals surface area contributed by atoms with Gasteiger partial charge in [0.15, 0.2) is 0 Å². The summed E-state index contributed by atoms with van der Waals surface area (Å²) in [5.74, 6) is 0.725. The van der Waals surface area contributed by atoms with Gasteiger partial charge in [0.05, 0.1) is 0 Å². The minimum Gasteiger partial charge on any atom is -0.0765 e. The Kier molecular flexibility index (Phi) is 2.09. The summed E-state index contributed by atoms with van der Waals surface area (Å²) < 4.78 is 0. The average Bonchev–Trinajstić information content (AvgIpc) is 2.45. The molecule has 1 atom stereocenters. The highest BCUT2D eigenvalue weighted by Crippen LogP contribution is 2.44.